The van der Waals surface area contributed by atoms with Gasteiger partial charge in [-0.2, -0.15) is 4.98 Å². The molecule has 0 spiro atoms. The average molecular weight is 367 g/mol. The lowest BCUT2D eigenvalue weighted by Crippen LogP contribution is -2.06. The van der Waals surface area contributed by atoms with Gasteiger partial charge < -0.3 is 10.6 Å². The lowest BCUT2D eigenvalue weighted by Gasteiger charge is -2.11. The Kier molecular flexibility index (Phi) is 5.24. The van der Waals surface area contributed by atoms with Crippen molar-refractivity contribution in [3.8, 4) is 11.3 Å². The summed E-state index contributed by atoms with van der Waals surface area (Å²) in [5, 5.41) is 6.65. The van der Waals surface area contributed by atoms with E-state index in [1.807, 2.05) is 66.7 Å². The van der Waals surface area contributed by atoms with Crippen LogP contribution in [0.5, 0.6) is 0 Å². The van der Waals surface area contributed by atoms with Crippen LogP contribution in [0.3, 0.4) is 0 Å². The van der Waals surface area contributed by atoms with Crippen LogP contribution in [0.25, 0.3) is 11.3 Å². The maximum Gasteiger partial charge on any atom is 0.229 e. The Morgan fingerprint density at radius 2 is 1.61 bits per heavy atom. The van der Waals surface area contributed by atoms with Crippen molar-refractivity contribution in [1.82, 2.24) is 15.0 Å². The second-order valence-corrected chi connectivity index (χ2v) is 6.49. The van der Waals surface area contributed by atoms with Gasteiger partial charge in [-0.1, -0.05) is 54.1 Å². The molecule has 2 aromatic carbocycles. The molecule has 2 N–H and O–H groups in total. The second kappa shape index (κ2) is 8.31. The number of aryl methyl sites for hydroxylation is 1. The Bertz CT molecular complexity index is 1030. The summed E-state index contributed by atoms with van der Waals surface area (Å²) in [6.07, 6.45) is 1.79. The minimum atomic E-state index is 0.550. The first-order valence-electron chi connectivity index (χ1n) is 9.18. The number of hydrogen-bond donors (Lipinski definition) is 2. The molecule has 2 heterocycles. The van der Waals surface area contributed by atoms with Gasteiger partial charge in [0, 0.05) is 23.5 Å². The molecule has 0 saturated heterocycles. The molecule has 0 radical (unpaired) electrons. The van der Waals surface area contributed by atoms with E-state index in [-0.39, 0.29) is 0 Å². The first-order chi connectivity index (χ1) is 13.8. The van der Waals surface area contributed by atoms with Crippen LogP contribution in [-0.4, -0.2) is 15.0 Å². The largest absolute Gasteiger partial charge is 0.364 e. The van der Waals surface area contributed by atoms with Gasteiger partial charge in [0.25, 0.3) is 0 Å². The average Bonchev–Trinajstić information content (AvgIpc) is 2.75. The lowest BCUT2D eigenvalue weighted by molar-refractivity contribution is 1.02. The van der Waals surface area contributed by atoms with Crippen LogP contribution in [0.15, 0.2) is 85.1 Å². The zero-order valence-corrected chi connectivity index (χ0v) is 15.6. The fraction of sp³-hybridized carbons (Fsp3) is 0.0870. The standard InChI is InChI=1S/C23H21N5/c1-17-10-12-19(13-11-17)26-23-27-21(18-7-3-2-4-8-18)15-22(28-23)25-16-20-9-5-6-14-24-20/h2-15H,16H2,1H3,(H2,25,26,27,28). The van der Waals surface area contributed by atoms with Crippen molar-refractivity contribution in [1.29, 1.82) is 0 Å². The maximum atomic E-state index is 4.70. The van der Waals surface area contributed by atoms with Crippen LogP contribution in [0.4, 0.5) is 17.5 Å². The smallest absolute Gasteiger partial charge is 0.229 e. The molecule has 138 valence electrons. The van der Waals surface area contributed by atoms with E-state index in [9.17, 15) is 0 Å². The monoisotopic (exact) mass is 367 g/mol. The molecule has 0 fully saturated rings. The second-order valence-electron chi connectivity index (χ2n) is 6.49. The van der Waals surface area contributed by atoms with Gasteiger partial charge in [-0.25, -0.2) is 4.98 Å². The van der Waals surface area contributed by atoms with E-state index < -0.39 is 0 Å². The first kappa shape index (κ1) is 17.7. The highest BCUT2D eigenvalue weighted by Gasteiger charge is 2.08. The third-order valence-corrected chi connectivity index (χ3v) is 4.28. The van der Waals surface area contributed by atoms with Crippen LogP contribution in [0.1, 0.15) is 11.3 Å². The summed E-state index contributed by atoms with van der Waals surface area (Å²) in [4.78, 5) is 13.7. The molecule has 2 aromatic heterocycles. The molecule has 5 nitrogen and oxygen atoms in total. The van der Waals surface area contributed by atoms with E-state index >= 15 is 0 Å². The Labute approximate surface area is 164 Å². The van der Waals surface area contributed by atoms with Gasteiger partial charge in [0.2, 0.25) is 5.95 Å². The van der Waals surface area contributed by atoms with Crippen LogP contribution in [0, 0.1) is 6.92 Å². The van der Waals surface area contributed by atoms with Crippen molar-refractivity contribution in [2.24, 2.45) is 0 Å². The Hall–Kier alpha value is -3.73. The first-order valence-corrected chi connectivity index (χ1v) is 9.18. The number of nitrogens with one attached hydrogen (secondary N) is 2. The molecule has 0 aliphatic heterocycles. The summed E-state index contributed by atoms with van der Waals surface area (Å²) in [6, 6.07) is 26.1. The number of aromatic nitrogens is 3. The number of anilines is 3. The minimum absolute atomic E-state index is 0.550. The van der Waals surface area contributed by atoms with Gasteiger partial charge in [-0.15, -0.1) is 0 Å². The number of pyridine rings is 1. The summed E-state index contributed by atoms with van der Waals surface area (Å²) >= 11 is 0. The van der Waals surface area contributed by atoms with Crippen LogP contribution >= 0.6 is 0 Å². The zero-order valence-electron chi connectivity index (χ0n) is 15.6. The molecule has 0 amide bonds. The molecule has 0 aliphatic rings. The quantitative estimate of drug-likeness (QED) is 0.490. The van der Waals surface area contributed by atoms with E-state index in [2.05, 4.69) is 39.7 Å². The number of nitrogens with zero attached hydrogens (tertiary/aromatic N) is 3. The van der Waals surface area contributed by atoms with Crippen LogP contribution in [0.2, 0.25) is 0 Å². The van der Waals surface area contributed by atoms with E-state index in [0.717, 1.165) is 28.5 Å². The molecule has 4 aromatic rings. The van der Waals surface area contributed by atoms with E-state index in [1.54, 1.807) is 6.20 Å². The van der Waals surface area contributed by atoms with E-state index in [4.69, 9.17) is 4.98 Å². The van der Waals surface area contributed by atoms with E-state index in [1.165, 1.54) is 5.56 Å². The van der Waals surface area contributed by atoms with Gasteiger partial charge in [0.15, 0.2) is 0 Å². The number of rotatable bonds is 6. The highest BCUT2D eigenvalue weighted by Crippen LogP contribution is 2.23. The zero-order chi connectivity index (χ0) is 19.2. The van der Waals surface area contributed by atoms with Gasteiger partial charge in [-0.3, -0.25) is 4.98 Å². The summed E-state index contributed by atoms with van der Waals surface area (Å²) in [5.41, 5.74) is 5.01. The van der Waals surface area contributed by atoms with Crippen molar-refractivity contribution < 1.29 is 0 Å². The molecule has 28 heavy (non-hydrogen) atoms. The van der Waals surface area contributed by atoms with Crippen molar-refractivity contribution >= 4 is 17.5 Å². The highest BCUT2D eigenvalue weighted by atomic mass is 15.1. The fourth-order valence-electron chi connectivity index (χ4n) is 2.80. The SMILES string of the molecule is Cc1ccc(Nc2nc(NCc3ccccn3)cc(-c3ccccc3)n2)cc1. The van der Waals surface area contributed by atoms with Gasteiger partial charge in [0.1, 0.15) is 5.82 Å². The molecular weight excluding hydrogens is 346 g/mol. The predicted octanol–water partition coefficient (Wildman–Crippen LogP) is 5.20. The van der Waals surface area contributed by atoms with Gasteiger partial charge >= 0.3 is 0 Å². The summed E-state index contributed by atoms with van der Waals surface area (Å²) in [7, 11) is 0. The molecule has 0 atom stereocenters. The minimum Gasteiger partial charge on any atom is -0.364 e. The van der Waals surface area contributed by atoms with Gasteiger partial charge in [0.05, 0.1) is 17.9 Å². The Morgan fingerprint density at radius 3 is 2.36 bits per heavy atom. The van der Waals surface area contributed by atoms with Gasteiger partial charge in [-0.05, 0) is 31.2 Å². The Balaban J connectivity index is 1.63. The Morgan fingerprint density at radius 1 is 0.821 bits per heavy atom. The van der Waals surface area contributed by atoms with Crippen LogP contribution < -0.4 is 10.6 Å². The summed E-state index contributed by atoms with van der Waals surface area (Å²) < 4.78 is 0. The molecule has 5 heteroatoms. The summed E-state index contributed by atoms with van der Waals surface area (Å²) in [5.74, 6) is 1.29. The van der Waals surface area contributed by atoms with Crippen molar-refractivity contribution in [3.05, 3.63) is 96.3 Å². The van der Waals surface area contributed by atoms with E-state index in [0.29, 0.717) is 12.5 Å². The number of benzene rings is 2. The fourth-order valence-corrected chi connectivity index (χ4v) is 2.80. The van der Waals surface area contributed by atoms with Crippen molar-refractivity contribution in [3.63, 3.8) is 0 Å². The number of hydrogen-bond acceptors (Lipinski definition) is 5. The molecule has 4 rings (SSSR count). The highest BCUT2D eigenvalue weighted by molar-refractivity contribution is 5.66. The molecule has 0 aliphatic carbocycles. The third-order valence-electron chi connectivity index (χ3n) is 4.28. The third kappa shape index (κ3) is 4.51. The predicted molar refractivity (Wildman–Crippen MR) is 113 cm³/mol. The summed E-state index contributed by atoms with van der Waals surface area (Å²) in [6.45, 7) is 2.66. The normalized spacial score (nSPS) is 10.5. The molecule has 0 bridgehead atoms. The molecular formula is C23H21N5. The lowest BCUT2D eigenvalue weighted by atomic mass is 10.1. The van der Waals surface area contributed by atoms with Crippen LogP contribution in [-0.2, 0) is 6.54 Å². The molecule has 0 unspecified atom stereocenters. The maximum absolute atomic E-state index is 4.70. The molecule has 0 saturated carbocycles. The van der Waals surface area contributed by atoms with Crippen molar-refractivity contribution in [2.75, 3.05) is 10.6 Å². The topological polar surface area (TPSA) is 62.7 Å². The van der Waals surface area contributed by atoms with Crippen molar-refractivity contribution in [2.45, 2.75) is 13.5 Å².